The summed E-state index contributed by atoms with van der Waals surface area (Å²) in [6.07, 6.45) is 0. The van der Waals surface area contributed by atoms with Gasteiger partial charge < -0.3 is 10.5 Å². The van der Waals surface area contributed by atoms with E-state index in [2.05, 4.69) is 34.1 Å². The van der Waals surface area contributed by atoms with Crippen LogP contribution in [0.15, 0.2) is 65.1 Å². The molecule has 1 unspecified atom stereocenters. The van der Waals surface area contributed by atoms with Crippen LogP contribution in [0.4, 0.5) is 0 Å². The highest BCUT2D eigenvalue weighted by molar-refractivity contribution is 9.10. The Kier molecular flexibility index (Phi) is 3.95. The Balaban J connectivity index is 1.99. The fraction of sp³-hybridized carbons (Fsp3) is 0.111. The molecule has 3 aromatic carbocycles. The third-order valence-electron chi connectivity index (χ3n) is 3.45. The summed E-state index contributed by atoms with van der Waals surface area (Å²) in [6, 6.07) is 20.2. The average molecular weight is 342 g/mol. The van der Waals surface area contributed by atoms with Gasteiger partial charge in [0.25, 0.3) is 0 Å². The molecule has 0 aromatic heterocycles. The van der Waals surface area contributed by atoms with E-state index in [-0.39, 0.29) is 6.04 Å². The van der Waals surface area contributed by atoms with Gasteiger partial charge in [0, 0.05) is 11.4 Å². The van der Waals surface area contributed by atoms with E-state index in [0.717, 1.165) is 26.9 Å². The predicted octanol–water partition coefficient (Wildman–Crippen LogP) is 5.41. The van der Waals surface area contributed by atoms with Crippen LogP contribution in [0.3, 0.4) is 0 Å². The molecule has 0 fully saturated rings. The maximum Gasteiger partial charge on any atom is 0.141 e. The highest BCUT2D eigenvalue weighted by atomic mass is 79.9. The molecule has 0 amide bonds. The lowest BCUT2D eigenvalue weighted by Crippen LogP contribution is -2.04. The number of hydrogen-bond acceptors (Lipinski definition) is 2. The van der Waals surface area contributed by atoms with Gasteiger partial charge >= 0.3 is 0 Å². The van der Waals surface area contributed by atoms with Crippen LogP contribution < -0.4 is 10.5 Å². The number of rotatable bonds is 3. The Morgan fingerprint density at radius 2 is 1.71 bits per heavy atom. The van der Waals surface area contributed by atoms with Gasteiger partial charge in [0.1, 0.15) is 11.5 Å². The second kappa shape index (κ2) is 5.88. The molecule has 3 aromatic rings. The first kappa shape index (κ1) is 14.1. The van der Waals surface area contributed by atoms with Crippen LogP contribution in [0.2, 0.25) is 0 Å². The highest BCUT2D eigenvalue weighted by Gasteiger charge is 2.08. The third kappa shape index (κ3) is 2.94. The number of nitrogens with two attached hydrogens (primary N) is 1. The monoisotopic (exact) mass is 341 g/mol. The lowest BCUT2D eigenvalue weighted by molar-refractivity contribution is 0.485. The molecule has 0 aliphatic carbocycles. The zero-order chi connectivity index (χ0) is 14.8. The Labute approximate surface area is 132 Å². The van der Waals surface area contributed by atoms with E-state index in [1.54, 1.807) is 0 Å². The fourth-order valence-electron chi connectivity index (χ4n) is 2.29. The minimum absolute atomic E-state index is 0.00732. The number of hydrogen-bond donors (Lipinski definition) is 1. The van der Waals surface area contributed by atoms with Crippen LogP contribution in [0.5, 0.6) is 11.5 Å². The first-order valence-electron chi connectivity index (χ1n) is 6.86. The molecule has 0 saturated carbocycles. The first-order valence-corrected chi connectivity index (χ1v) is 7.65. The third-order valence-corrected chi connectivity index (χ3v) is 4.07. The molecule has 0 heterocycles. The first-order chi connectivity index (χ1) is 10.1. The van der Waals surface area contributed by atoms with Crippen molar-refractivity contribution < 1.29 is 4.74 Å². The Bertz CT molecular complexity index is 778. The van der Waals surface area contributed by atoms with E-state index in [1.807, 2.05) is 49.4 Å². The lowest BCUT2D eigenvalue weighted by atomic mass is 10.1. The minimum atomic E-state index is 0.00732. The largest absolute Gasteiger partial charge is 0.456 e. The second-order valence-corrected chi connectivity index (χ2v) is 5.91. The van der Waals surface area contributed by atoms with Crippen LogP contribution in [0.1, 0.15) is 18.5 Å². The van der Waals surface area contributed by atoms with Crippen LogP contribution >= 0.6 is 15.9 Å². The van der Waals surface area contributed by atoms with Crippen LogP contribution in [0, 0.1) is 0 Å². The van der Waals surface area contributed by atoms with E-state index in [4.69, 9.17) is 10.5 Å². The molecule has 3 rings (SSSR count). The summed E-state index contributed by atoms with van der Waals surface area (Å²) in [4.78, 5) is 0. The molecular formula is C18H16BrNO. The van der Waals surface area contributed by atoms with Crippen LogP contribution in [-0.4, -0.2) is 0 Å². The van der Waals surface area contributed by atoms with E-state index in [0.29, 0.717) is 0 Å². The number of benzene rings is 3. The quantitative estimate of drug-likeness (QED) is 0.690. The van der Waals surface area contributed by atoms with Crippen molar-refractivity contribution in [2.75, 3.05) is 0 Å². The SMILES string of the molecule is CC(N)c1ccc(Oc2cccc3ccccc23)c(Br)c1. The van der Waals surface area contributed by atoms with Crippen molar-refractivity contribution >= 4 is 26.7 Å². The van der Waals surface area contributed by atoms with Crippen molar-refractivity contribution in [2.24, 2.45) is 5.73 Å². The van der Waals surface area contributed by atoms with Crippen molar-refractivity contribution in [2.45, 2.75) is 13.0 Å². The summed E-state index contributed by atoms with van der Waals surface area (Å²) < 4.78 is 6.98. The van der Waals surface area contributed by atoms with Crippen molar-refractivity contribution in [3.63, 3.8) is 0 Å². The Morgan fingerprint density at radius 1 is 0.952 bits per heavy atom. The predicted molar refractivity (Wildman–Crippen MR) is 90.8 cm³/mol. The maximum absolute atomic E-state index is 6.07. The van der Waals surface area contributed by atoms with E-state index in [1.165, 1.54) is 5.39 Å². The van der Waals surface area contributed by atoms with Gasteiger partial charge in [-0.2, -0.15) is 0 Å². The van der Waals surface area contributed by atoms with Gasteiger partial charge in [0.05, 0.1) is 4.47 Å². The number of ether oxygens (including phenoxy) is 1. The van der Waals surface area contributed by atoms with Gasteiger partial charge in [0.2, 0.25) is 0 Å². The Hall–Kier alpha value is -1.84. The standard InChI is InChI=1S/C18H16BrNO/c1-12(20)14-9-10-18(16(19)11-14)21-17-8-4-6-13-5-2-3-7-15(13)17/h2-12H,20H2,1H3. The summed E-state index contributed by atoms with van der Waals surface area (Å²) in [5.41, 5.74) is 6.97. The molecule has 21 heavy (non-hydrogen) atoms. The minimum Gasteiger partial charge on any atom is -0.456 e. The summed E-state index contributed by atoms with van der Waals surface area (Å²) in [6.45, 7) is 1.97. The van der Waals surface area contributed by atoms with Crippen molar-refractivity contribution in [1.82, 2.24) is 0 Å². The topological polar surface area (TPSA) is 35.2 Å². The van der Waals surface area contributed by atoms with Crippen LogP contribution in [-0.2, 0) is 0 Å². The molecule has 2 nitrogen and oxygen atoms in total. The number of fused-ring (bicyclic) bond motifs is 1. The summed E-state index contributed by atoms with van der Waals surface area (Å²) in [7, 11) is 0. The molecule has 106 valence electrons. The zero-order valence-corrected chi connectivity index (χ0v) is 13.3. The molecule has 2 N–H and O–H groups in total. The fourth-order valence-corrected chi connectivity index (χ4v) is 2.76. The van der Waals surface area contributed by atoms with Crippen molar-refractivity contribution in [3.05, 3.63) is 70.7 Å². The molecule has 0 bridgehead atoms. The van der Waals surface area contributed by atoms with Gasteiger partial charge in [-0.3, -0.25) is 0 Å². The molecule has 0 aliphatic rings. The van der Waals surface area contributed by atoms with Crippen LogP contribution in [0.25, 0.3) is 10.8 Å². The molecule has 0 saturated heterocycles. The smallest absolute Gasteiger partial charge is 0.141 e. The second-order valence-electron chi connectivity index (χ2n) is 5.06. The van der Waals surface area contributed by atoms with Gasteiger partial charge in [0.15, 0.2) is 0 Å². The molecule has 3 heteroatoms. The highest BCUT2D eigenvalue weighted by Crippen LogP contribution is 2.34. The van der Waals surface area contributed by atoms with E-state index in [9.17, 15) is 0 Å². The van der Waals surface area contributed by atoms with Crippen molar-refractivity contribution in [3.8, 4) is 11.5 Å². The summed E-state index contributed by atoms with van der Waals surface area (Å²) >= 11 is 3.56. The molecule has 1 atom stereocenters. The lowest BCUT2D eigenvalue weighted by Gasteiger charge is -2.12. The van der Waals surface area contributed by atoms with Gasteiger partial charge in [-0.1, -0.05) is 42.5 Å². The van der Waals surface area contributed by atoms with E-state index >= 15 is 0 Å². The van der Waals surface area contributed by atoms with Gasteiger partial charge in [-0.15, -0.1) is 0 Å². The van der Waals surface area contributed by atoms with Gasteiger partial charge in [-0.25, -0.2) is 0 Å². The molecule has 0 spiro atoms. The van der Waals surface area contributed by atoms with Gasteiger partial charge in [-0.05, 0) is 52.0 Å². The summed E-state index contributed by atoms with van der Waals surface area (Å²) in [5, 5.41) is 2.27. The Morgan fingerprint density at radius 3 is 2.48 bits per heavy atom. The normalized spacial score (nSPS) is 12.3. The maximum atomic E-state index is 6.07. The van der Waals surface area contributed by atoms with Crippen molar-refractivity contribution in [1.29, 1.82) is 0 Å². The molecule has 0 radical (unpaired) electrons. The zero-order valence-electron chi connectivity index (χ0n) is 11.7. The summed E-state index contributed by atoms with van der Waals surface area (Å²) in [5.74, 6) is 1.64. The van der Waals surface area contributed by atoms with E-state index < -0.39 is 0 Å². The average Bonchev–Trinajstić information content (AvgIpc) is 2.49. The molecular weight excluding hydrogens is 326 g/mol. The molecule has 0 aliphatic heterocycles. The number of halogens is 1.